The second kappa shape index (κ2) is 9.94. The standard InChI is InChI=1S/C22H26N4O5/c1-14(2)23-20(27)11-26(3)12-21(28)25-17-7-5-4-6-16(17)22(29)24-15-8-9-18-19(10-15)31-13-30-18/h4-10,14H,11-13H2,1-3H3,(H,23,27)(H,24,29)(H,25,28). The summed E-state index contributed by atoms with van der Waals surface area (Å²) in [6.07, 6.45) is 0. The van der Waals surface area contributed by atoms with E-state index in [4.69, 9.17) is 9.47 Å². The van der Waals surface area contributed by atoms with Crippen molar-refractivity contribution in [3.63, 3.8) is 0 Å². The summed E-state index contributed by atoms with van der Waals surface area (Å²) in [4.78, 5) is 38.7. The molecule has 9 heteroatoms. The maximum atomic E-state index is 12.8. The van der Waals surface area contributed by atoms with E-state index in [2.05, 4.69) is 16.0 Å². The first-order valence-electron chi connectivity index (χ1n) is 9.89. The molecule has 3 rings (SSSR count). The number of hydrogen-bond acceptors (Lipinski definition) is 6. The highest BCUT2D eigenvalue weighted by Crippen LogP contribution is 2.34. The van der Waals surface area contributed by atoms with Gasteiger partial charge in [0, 0.05) is 17.8 Å². The fraction of sp³-hybridized carbons (Fsp3) is 0.318. The highest BCUT2D eigenvalue weighted by molar-refractivity contribution is 6.10. The molecule has 9 nitrogen and oxygen atoms in total. The van der Waals surface area contributed by atoms with Gasteiger partial charge in [-0.15, -0.1) is 0 Å². The molecule has 3 N–H and O–H groups in total. The zero-order valence-corrected chi connectivity index (χ0v) is 17.7. The number of benzene rings is 2. The van der Waals surface area contributed by atoms with E-state index in [1.165, 1.54) is 0 Å². The Morgan fingerprint density at radius 2 is 1.68 bits per heavy atom. The van der Waals surface area contributed by atoms with Crippen LogP contribution >= 0.6 is 0 Å². The number of likely N-dealkylation sites (N-methyl/N-ethyl adjacent to an activating group) is 1. The number of ether oxygens (including phenoxy) is 2. The van der Waals surface area contributed by atoms with E-state index < -0.39 is 0 Å². The van der Waals surface area contributed by atoms with Crippen LogP contribution in [0.1, 0.15) is 24.2 Å². The number of carbonyl (C=O) groups excluding carboxylic acids is 3. The summed E-state index contributed by atoms with van der Waals surface area (Å²) in [7, 11) is 1.68. The summed E-state index contributed by atoms with van der Waals surface area (Å²) in [5.41, 5.74) is 1.24. The molecule has 0 aromatic heterocycles. The molecule has 0 radical (unpaired) electrons. The predicted octanol–water partition coefficient (Wildman–Crippen LogP) is 2.06. The molecular weight excluding hydrogens is 400 g/mol. The van der Waals surface area contributed by atoms with Crippen LogP contribution in [-0.2, 0) is 9.59 Å². The molecule has 2 aromatic carbocycles. The SMILES string of the molecule is CC(C)NC(=O)CN(C)CC(=O)Nc1ccccc1C(=O)Nc1ccc2c(c1)OCO2. The summed E-state index contributed by atoms with van der Waals surface area (Å²) in [6, 6.07) is 11.9. The van der Waals surface area contributed by atoms with Gasteiger partial charge in [0.05, 0.1) is 24.3 Å². The third kappa shape index (κ3) is 6.19. The molecule has 0 unspecified atom stereocenters. The third-order valence-electron chi connectivity index (χ3n) is 4.35. The fourth-order valence-electron chi connectivity index (χ4n) is 3.07. The van der Waals surface area contributed by atoms with Crippen LogP contribution in [0.15, 0.2) is 42.5 Å². The monoisotopic (exact) mass is 426 g/mol. The molecule has 3 amide bonds. The first-order chi connectivity index (χ1) is 14.8. The Morgan fingerprint density at radius 1 is 0.968 bits per heavy atom. The normalized spacial score (nSPS) is 12.0. The van der Waals surface area contributed by atoms with Crippen molar-refractivity contribution in [3.05, 3.63) is 48.0 Å². The quantitative estimate of drug-likeness (QED) is 0.596. The molecule has 2 aromatic rings. The van der Waals surface area contributed by atoms with E-state index in [0.717, 1.165) is 0 Å². The van der Waals surface area contributed by atoms with Crippen LogP contribution in [0.2, 0.25) is 0 Å². The van der Waals surface area contributed by atoms with Crippen molar-refractivity contribution in [2.45, 2.75) is 19.9 Å². The number of hydrogen-bond donors (Lipinski definition) is 3. The lowest BCUT2D eigenvalue weighted by Gasteiger charge is -2.18. The van der Waals surface area contributed by atoms with Crippen LogP contribution in [0, 0.1) is 0 Å². The van der Waals surface area contributed by atoms with Gasteiger partial charge in [-0.1, -0.05) is 12.1 Å². The average Bonchev–Trinajstić information content (AvgIpc) is 3.15. The van der Waals surface area contributed by atoms with Crippen LogP contribution in [0.25, 0.3) is 0 Å². The van der Waals surface area contributed by atoms with E-state index in [-0.39, 0.29) is 43.6 Å². The Balaban J connectivity index is 1.61. The van der Waals surface area contributed by atoms with E-state index >= 15 is 0 Å². The lowest BCUT2D eigenvalue weighted by atomic mass is 10.1. The minimum absolute atomic E-state index is 0.00360. The van der Waals surface area contributed by atoms with E-state index in [1.807, 2.05) is 13.8 Å². The highest BCUT2D eigenvalue weighted by Gasteiger charge is 2.18. The van der Waals surface area contributed by atoms with Crippen LogP contribution in [0.3, 0.4) is 0 Å². The summed E-state index contributed by atoms with van der Waals surface area (Å²) in [5.74, 6) is 0.317. The second-order valence-electron chi connectivity index (χ2n) is 7.51. The molecule has 0 aliphatic carbocycles. The molecule has 0 fully saturated rings. The molecule has 1 aliphatic rings. The number of nitrogens with zero attached hydrogens (tertiary/aromatic N) is 1. The Hall–Kier alpha value is -3.59. The van der Waals surface area contributed by atoms with Crippen molar-refractivity contribution in [2.24, 2.45) is 0 Å². The highest BCUT2D eigenvalue weighted by atomic mass is 16.7. The van der Waals surface area contributed by atoms with Gasteiger partial charge in [0.15, 0.2) is 11.5 Å². The zero-order valence-electron chi connectivity index (χ0n) is 17.7. The number of nitrogens with one attached hydrogen (secondary N) is 3. The molecule has 1 heterocycles. The molecule has 0 bridgehead atoms. The molecule has 0 spiro atoms. The first-order valence-corrected chi connectivity index (χ1v) is 9.89. The Bertz CT molecular complexity index is 976. The lowest BCUT2D eigenvalue weighted by molar-refractivity contribution is -0.123. The minimum Gasteiger partial charge on any atom is -0.454 e. The Kier molecular flexibility index (Phi) is 7.09. The number of rotatable bonds is 8. The van der Waals surface area contributed by atoms with E-state index in [1.54, 1.807) is 54.4 Å². The third-order valence-corrected chi connectivity index (χ3v) is 4.35. The molecule has 0 saturated carbocycles. The van der Waals surface area contributed by atoms with E-state index in [9.17, 15) is 14.4 Å². The average molecular weight is 426 g/mol. The van der Waals surface area contributed by atoms with Crippen LogP contribution in [0.4, 0.5) is 11.4 Å². The predicted molar refractivity (Wildman–Crippen MR) is 116 cm³/mol. The molecule has 31 heavy (non-hydrogen) atoms. The van der Waals surface area contributed by atoms with Gasteiger partial charge in [-0.2, -0.15) is 0 Å². The molecule has 1 aliphatic heterocycles. The molecule has 0 saturated heterocycles. The van der Waals surface area contributed by atoms with Gasteiger partial charge < -0.3 is 25.4 Å². The van der Waals surface area contributed by atoms with Crippen molar-refractivity contribution in [2.75, 3.05) is 37.6 Å². The summed E-state index contributed by atoms with van der Waals surface area (Å²) in [5, 5.41) is 8.32. The maximum Gasteiger partial charge on any atom is 0.257 e. The topological polar surface area (TPSA) is 109 Å². The smallest absolute Gasteiger partial charge is 0.257 e. The second-order valence-corrected chi connectivity index (χ2v) is 7.51. The maximum absolute atomic E-state index is 12.8. The van der Waals surface area contributed by atoms with Gasteiger partial charge >= 0.3 is 0 Å². The van der Waals surface area contributed by atoms with Crippen molar-refractivity contribution in [3.8, 4) is 11.5 Å². The molecule has 164 valence electrons. The zero-order chi connectivity index (χ0) is 22.4. The van der Waals surface area contributed by atoms with Crippen LogP contribution < -0.4 is 25.4 Å². The molecule has 0 atom stereocenters. The van der Waals surface area contributed by atoms with Gasteiger partial charge in [0.25, 0.3) is 5.91 Å². The van der Waals surface area contributed by atoms with Crippen molar-refractivity contribution in [1.82, 2.24) is 10.2 Å². The number of carbonyl (C=O) groups is 3. The van der Waals surface area contributed by atoms with Crippen LogP contribution in [-0.4, -0.2) is 55.6 Å². The largest absolute Gasteiger partial charge is 0.454 e. The molecular formula is C22H26N4O5. The van der Waals surface area contributed by atoms with Gasteiger partial charge in [-0.05, 0) is 45.2 Å². The Morgan fingerprint density at radius 3 is 2.45 bits per heavy atom. The van der Waals surface area contributed by atoms with Crippen molar-refractivity contribution >= 4 is 29.1 Å². The van der Waals surface area contributed by atoms with Gasteiger partial charge in [-0.3, -0.25) is 19.3 Å². The summed E-state index contributed by atoms with van der Waals surface area (Å²) >= 11 is 0. The first kappa shape index (κ1) is 22.1. The number of anilines is 2. The number of amides is 3. The minimum atomic E-state index is -0.376. The Labute approximate surface area is 180 Å². The summed E-state index contributed by atoms with van der Waals surface area (Å²) < 4.78 is 10.6. The van der Waals surface area contributed by atoms with Gasteiger partial charge in [0.1, 0.15) is 0 Å². The van der Waals surface area contributed by atoms with Crippen molar-refractivity contribution < 1.29 is 23.9 Å². The fourth-order valence-corrected chi connectivity index (χ4v) is 3.07. The van der Waals surface area contributed by atoms with Gasteiger partial charge in [0.2, 0.25) is 18.6 Å². The summed E-state index contributed by atoms with van der Waals surface area (Å²) in [6.45, 7) is 3.99. The lowest BCUT2D eigenvalue weighted by Crippen LogP contribution is -2.41. The van der Waals surface area contributed by atoms with Gasteiger partial charge in [-0.25, -0.2) is 0 Å². The van der Waals surface area contributed by atoms with Crippen LogP contribution in [0.5, 0.6) is 11.5 Å². The number of para-hydroxylation sites is 1. The number of fused-ring (bicyclic) bond motifs is 1. The van der Waals surface area contributed by atoms with Crippen molar-refractivity contribution in [1.29, 1.82) is 0 Å². The van der Waals surface area contributed by atoms with E-state index in [0.29, 0.717) is 28.4 Å².